The van der Waals surface area contributed by atoms with Gasteiger partial charge in [-0.3, -0.25) is 14.2 Å². The van der Waals surface area contributed by atoms with E-state index in [1.807, 2.05) is 0 Å². The lowest BCUT2D eigenvalue weighted by molar-refractivity contribution is -0.123. The lowest BCUT2D eigenvalue weighted by Crippen LogP contribution is -2.29. The van der Waals surface area contributed by atoms with Gasteiger partial charge in [0.1, 0.15) is 11.6 Å². The number of nitrogens with zero attached hydrogens (tertiary/aromatic N) is 2. The largest absolute Gasteiger partial charge is 0.484 e. The van der Waals surface area contributed by atoms with E-state index in [0.717, 1.165) is 37.9 Å². The highest BCUT2D eigenvalue weighted by Gasteiger charge is 2.16. The molecule has 1 aliphatic rings. The monoisotopic (exact) mass is 345 g/mol. The van der Waals surface area contributed by atoms with Crippen LogP contribution in [0.3, 0.4) is 0 Å². The Labute approximate surface area is 145 Å². The third kappa shape index (κ3) is 4.17. The molecule has 0 saturated heterocycles. The van der Waals surface area contributed by atoms with Crippen molar-refractivity contribution in [2.45, 2.75) is 38.6 Å². The number of hydrogen-bond donors (Lipinski definition) is 2. The number of hydrogen-bond acceptors (Lipinski definition) is 5. The summed E-state index contributed by atoms with van der Waals surface area (Å²) in [6.07, 6.45) is 4.23. The summed E-state index contributed by atoms with van der Waals surface area (Å²) in [5.41, 5.74) is 0.620. The molecule has 0 spiro atoms. The topological polar surface area (TPSA) is 93.5 Å². The van der Waals surface area contributed by atoms with Gasteiger partial charge in [-0.2, -0.15) is 0 Å². The van der Waals surface area contributed by atoms with Gasteiger partial charge in [-0.1, -0.05) is 0 Å². The van der Waals surface area contributed by atoms with Crippen LogP contribution in [0.25, 0.3) is 10.9 Å². The Bertz CT molecular complexity index is 816. The average molecular weight is 345 g/mol. The first-order chi connectivity index (χ1) is 12.2. The third-order valence-corrected chi connectivity index (χ3v) is 4.31. The van der Waals surface area contributed by atoms with E-state index < -0.39 is 0 Å². The van der Waals surface area contributed by atoms with Crippen molar-refractivity contribution in [3.8, 4) is 5.75 Å². The molecule has 0 atom stereocenters. The van der Waals surface area contributed by atoms with Gasteiger partial charge in [-0.05, 0) is 43.9 Å². The van der Waals surface area contributed by atoms with Gasteiger partial charge in [0.25, 0.3) is 11.5 Å². The van der Waals surface area contributed by atoms with Crippen molar-refractivity contribution < 1.29 is 14.6 Å². The number of unbranched alkanes of at least 4 members (excludes halogenated alkanes) is 2. The molecular weight excluding hydrogens is 322 g/mol. The van der Waals surface area contributed by atoms with Gasteiger partial charge in [-0.15, -0.1) is 0 Å². The lowest BCUT2D eigenvalue weighted by atomic mass is 10.2. The van der Waals surface area contributed by atoms with Gasteiger partial charge < -0.3 is 15.2 Å². The molecule has 0 bridgehead atoms. The van der Waals surface area contributed by atoms with Crippen LogP contribution in [0.1, 0.15) is 31.5 Å². The molecule has 0 radical (unpaired) electrons. The van der Waals surface area contributed by atoms with Crippen LogP contribution in [-0.2, 0) is 17.8 Å². The Morgan fingerprint density at radius 3 is 3.04 bits per heavy atom. The molecule has 134 valence electrons. The predicted molar refractivity (Wildman–Crippen MR) is 93.8 cm³/mol. The smallest absolute Gasteiger partial charge is 0.261 e. The van der Waals surface area contributed by atoms with Gasteiger partial charge in [-0.25, -0.2) is 4.98 Å². The Hall–Kier alpha value is -2.41. The number of carbonyl (C=O) groups excluding carboxylic acids is 1. The van der Waals surface area contributed by atoms with E-state index in [1.165, 1.54) is 0 Å². The van der Waals surface area contributed by atoms with Crippen LogP contribution >= 0.6 is 0 Å². The number of aryl methyl sites for hydroxylation is 1. The standard InChI is InChI=1S/C18H23N3O4/c22-10-3-1-2-8-19-17(23)12-25-13-6-7-15-14(11-13)18(24)21-9-4-5-16(21)20-15/h6-7,11,22H,1-5,8-10,12H2,(H,19,23). The molecule has 2 N–H and O–H groups in total. The molecule has 7 heteroatoms. The molecule has 25 heavy (non-hydrogen) atoms. The summed E-state index contributed by atoms with van der Waals surface area (Å²) in [5, 5.41) is 12.0. The molecule has 0 fully saturated rings. The molecule has 7 nitrogen and oxygen atoms in total. The number of benzene rings is 1. The van der Waals surface area contributed by atoms with Crippen molar-refractivity contribution in [2.75, 3.05) is 19.8 Å². The van der Waals surface area contributed by atoms with Crippen molar-refractivity contribution in [2.24, 2.45) is 0 Å². The molecule has 1 aromatic heterocycles. The van der Waals surface area contributed by atoms with Crippen LogP contribution < -0.4 is 15.6 Å². The van der Waals surface area contributed by atoms with E-state index in [0.29, 0.717) is 29.7 Å². The number of fused-ring (bicyclic) bond motifs is 2. The number of rotatable bonds is 8. The van der Waals surface area contributed by atoms with Crippen LogP contribution in [0.4, 0.5) is 0 Å². The second kappa shape index (κ2) is 8.11. The SMILES string of the molecule is O=C(COc1ccc2nc3n(c(=O)c2c1)CCC3)NCCCCCO. The molecule has 1 aliphatic heterocycles. The molecule has 2 aromatic rings. The number of aliphatic hydroxyl groups excluding tert-OH is 1. The fraction of sp³-hybridized carbons (Fsp3) is 0.500. The summed E-state index contributed by atoms with van der Waals surface area (Å²) in [4.78, 5) is 28.8. The first-order valence-electron chi connectivity index (χ1n) is 8.73. The third-order valence-electron chi connectivity index (χ3n) is 4.31. The van der Waals surface area contributed by atoms with Crippen LogP contribution in [0.5, 0.6) is 5.75 Å². The van der Waals surface area contributed by atoms with Crippen molar-refractivity contribution >= 4 is 16.8 Å². The Morgan fingerprint density at radius 1 is 1.32 bits per heavy atom. The summed E-state index contributed by atoms with van der Waals surface area (Å²) in [7, 11) is 0. The summed E-state index contributed by atoms with van der Waals surface area (Å²) in [5.74, 6) is 1.13. The fourth-order valence-corrected chi connectivity index (χ4v) is 2.99. The Morgan fingerprint density at radius 2 is 2.20 bits per heavy atom. The molecule has 1 amide bonds. The minimum absolute atomic E-state index is 0.0451. The maximum atomic E-state index is 12.5. The predicted octanol–water partition coefficient (Wildman–Crippen LogP) is 1.00. The first-order valence-corrected chi connectivity index (χ1v) is 8.73. The van der Waals surface area contributed by atoms with E-state index in [4.69, 9.17) is 9.84 Å². The minimum atomic E-state index is -0.201. The van der Waals surface area contributed by atoms with Crippen LogP contribution in [0.2, 0.25) is 0 Å². The van der Waals surface area contributed by atoms with Gasteiger partial charge in [0.05, 0.1) is 10.9 Å². The molecule has 0 saturated carbocycles. The Kier molecular flexibility index (Phi) is 5.65. The molecule has 0 unspecified atom stereocenters. The van der Waals surface area contributed by atoms with Crippen molar-refractivity contribution in [1.29, 1.82) is 0 Å². The summed E-state index contributed by atoms with van der Waals surface area (Å²) in [6, 6.07) is 5.15. The number of aliphatic hydroxyl groups is 1. The van der Waals surface area contributed by atoms with Crippen molar-refractivity contribution in [1.82, 2.24) is 14.9 Å². The number of ether oxygens (including phenoxy) is 1. The maximum absolute atomic E-state index is 12.5. The minimum Gasteiger partial charge on any atom is -0.484 e. The van der Waals surface area contributed by atoms with Crippen LogP contribution in [0, 0.1) is 0 Å². The van der Waals surface area contributed by atoms with Crippen LogP contribution in [-0.4, -0.2) is 40.3 Å². The van der Waals surface area contributed by atoms with E-state index in [-0.39, 0.29) is 24.7 Å². The number of aromatic nitrogens is 2. The zero-order chi connectivity index (χ0) is 17.6. The van der Waals surface area contributed by atoms with E-state index in [1.54, 1.807) is 22.8 Å². The second-order valence-corrected chi connectivity index (χ2v) is 6.19. The maximum Gasteiger partial charge on any atom is 0.261 e. The van der Waals surface area contributed by atoms with E-state index in [2.05, 4.69) is 10.3 Å². The zero-order valence-corrected chi connectivity index (χ0v) is 14.2. The van der Waals surface area contributed by atoms with Crippen molar-refractivity contribution in [3.63, 3.8) is 0 Å². The highest BCUT2D eigenvalue weighted by molar-refractivity contribution is 5.80. The molecule has 3 rings (SSSR count). The second-order valence-electron chi connectivity index (χ2n) is 6.19. The normalized spacial score (nSPS) is 13.0. The summed E-state index contributed by atoms with van der Waals surface area (Å²) < 4.78 is 7.21. The van der Waals surface area contributed by atoms with Gasteiger partial charge in [0.15, 0.2) is 6.61 Å². The lowest BCUT2D eigenvalue weighted by Gasteiger charge is -2.09. The van der Waals surface area contributed by atoms with Gasteiger partial charge in [0.2, 0.25) is 0 Å². The van der Waals surface area contributed by atoms with E-state index in [9.17, 15) is 9.59 Å². The summed E-state index contributed by atoms with van der Waals surface area (Å²) >= 11 is 0. The van der Waals surface area contributed by atoms with Gasteiger partial charge in [0, 0.05) is 26.1 Å². The molecule has 0 aliphatic carbocycles. The van der Waals surface area contributed by atoms with Crippen molar-refractivity contribution in [3.05, 3.63) is 34.4 Å². The molecule has 2 heterocycles. The number of amides is 1. The number of nitrogens with one attached hydrogen (secondary N) is 1. The highest BCUT2D eigenvalue weighted by atomic mass is 16.5. The molecular formula is C18H23N3O4. The quantitative estimate of drug-likeness (QED) is 0.696. The first kappa shape index (κ1) is 17.4. The number of carbonyl (C=O) groups is 1. The van der Waals surface area contributed by atoms with E-state index >= 15 is 0 Å². The zero-order valence-electron chi connectivity index (χ0n) is 14.2. The van der Waals surface area contributed by atoms with Gasteiger partial charge >= 0.3 is 0 Å². The Balaban J connectivity index is 1.59. The molecule has 1 aromatic carbocycles. The average Bonchev–Trinajstić information content (AvgIpc) is 3.09. The van der Waals surface area contributed by atoms with Crippen LogP contribution in [0.15, 0.2) is 23.0 Å². The highest BCUT2D eigenvalue weighted by Crippen LogP contribution is 2.19. The summed E-state index contributed by atoms with van der Waals surface area (Å²) in [6.45, 7) is 1.36. The fourth-order valence-electron chi connectivity index (χ4n) is 2.99.